The van der Waals surface area contributed by atoms with E-state index in [0.29, 0.717) is 11.8 Å². The van der Waals surface area contributed by atoms with Crippen molar-refractivity contribution < 1.29 is 4.74 Å². The van der Waals surface area contributed by atoms with Gasteiger partial charge >= 0.3 is 0 Å². The van der Waals surface area contributed by atoms with E-state index in [1.54, 1.807) is 0 Å². The molecule has 1 aromatic rings. The topological polar surface area (TPSA) is 34.1 Å². The molecule has 1 aliphatic rings. The molecule has 0 aromatic carbocycles. The molecule has 2 heterocycles. The molecule has 1 unspecified atom stereocenters. The second kappa shape index (κ2) is 5.94. The highest BCUT2D eigenvalue weighted by Gasteiger charge is 2.23. The summed E-state index contributed by atoms with van der Waals surface area (Å²) >= 11 is 1.87. The Balaban J connectivity index is 2.16. The molecule has 1 aromatic heterocycles. The van der Waals surface area contributed by atoms with Crippen LogP contribution in [0.4, 0.5) is 0 Å². The Morgan fingerprint density at radius 3 is 2.94 bits per heavy atom. The Bertz CT molecular complexity index is 356. The number of aromatic nitrogens is 1. The van der Waals surface area contributed by atoms with Gasteiger partial charge in [-0.1, -0.05) is 13.8 Å². The van der Waals surface area contributed by atoms with Gasteiger partial charge in [-0.15, -0.1) is 11.3 Å². The quantitative estimate of drug-likeness (QED) is 0.877. The monoisotopic (exact) mass is 254 g/mol. The molecule has 1 fully saturated rings. The van der Waals surface area contributed by atoms with E-state index in [2.05, 4.69) is 19.2 Å². The molecule has 4 heteroatoms. The van der Waals surface area contributed by atoms with E-state index in [9.17, 15) is 0 Å². The second-order valence-corrected chi connectivity index (χ2v) is 6.23. The lowest BCUT2D eigenvalue weighted by molar-refractivity contribution is 0.194. The van der Waals surface area contributed by atoms with Gasteiger partial charge in [0, 0.05) is 23.9 Å². The van der Waals surface area contributed by atoms with Crippen LogP contribution in [-0.4, -0.2) is 25.2 Å². The highest BCUT2D eigenvalue weighted by atomic mass is 32.1. The Labute approximate surface area is 108 Å². The van der Waals surface area contributed by atoms with Gasteiger partial charge in [0.25, 0.3) is 0 Å². The van der Waals surface area contributed by atoms with Gasteiger partial charge in [0.05, 0.1) is 17.3 Å². The summed E-state index contributed by atoms with van der Waals surface area (Å²) in [5, 5.41) is 4.52. The maximum absolute atomic E-state index is 5.45. The van der Waals surface area contributed by atoms with Crippen LogP contribution < -0.4 is 5.32 Å². The second-order valence-electron chi connectivity index (χ2n) is 5.11. The maximum Gasteiger partial charge on any atom is 0.0986 e. The van der Waals surface area contributed by atoms with Crippen molar-refractivity contribution in [2.24, 2.45) is 5.92 Å². The number of nitrogens with zero attached hydrogens (tertiary/aromatic N) is 1. The first-order valence-corrected chi connectivity index (χ1v) is 7.23. The molecule has 2 rings (SSSR count). The van der Waals surface area contributed by atoms with E-state index in [0.717, 1.165) is 32.6 Å². The summed E-state index contributed by atoms with van der Waals surface area (Å²) in [6.45, 7) is 7.19. The molecule has 1 saturated heterocycles. The molecule has 0 radical (unpaired) electrons. The number of thiazole rings is 1. The number of ether oxygens (including phenoxy) is 1. The van der Waals surface area contributed by atoms with E-state index >= 15 is 0 Å². The van der Waals surface area contributed by atoms with Crippen molar-refractivity contribution in [1.82, 2.24) is 10.3 Å². The first-order valence-electron chi connectivity index (χ1n) is 6.41. The van der Waals surface area contributed by atoms with Crippen LogP contribution in [0.3, 0.4) is 0 Å². The summed E-state index contributed by atoms with van der Waals surface area (Å²) in [6.07, 6.45) is 2.22. The number of hydrogen-bond acceptors (Lipinski definition) is 4. The van der Waals surface area contributed by atoms with Gasteiger partial charge in [0.15, 0.2) is 0 Å². The van der Waals surface area contributed by atoms with Gasteiger partial charge in [-0.05, 0) is 25.8 Å². The summed E-state index contributed by atoms with van der Waals surface area (Å²) in [6, 6.07) is 0. The lowest BCUT2D eigenvalue weighted by Gasteiger charge is -2.04. The summed E-state index contributed by atoms with van der Waals surface area (Å²) in [4.78, 5) is 6.26. The van der Waals surface area contributed by atoms with Gasteiger partial charge < -0.3 is 10.1 Å². The Morgan fingerprint density at radius 2 is 2.35 bits per heavy atom. The zero-order valence-electron chi connectivity index (χ0n) is 11.0. The van der Waals surface area contributed by atoms with Crippen LogP contribution in [0.15, 0.2) is 0 Å². The minimum absolute atomic E-state index is 0.538. The zero-order chi connectivity index (χ0) is 12.3. The minimum atomic E-state index is 0.538. The standard InChI is InChI=1S/C13H22N2OS/c1-9(2)6-11-12(7-14-3)17-13(15-11)10-4-5-16-8-10/h9-10,14H,4-8H2,1-3H3. The van der Waals surface area contributed by atoms with Crippen LogP contribution in [0.25, 0.3) is 0 Å². The van der Waals surface area contributed by atoms with E-state index < -0.39 is 0 Å². The number of nitrogens with one attached hydrogen (secondary N) is 1. The van der Waals surface area contributed by atoms with Crippen molar-refractivity contribution in [2.75, 3.05) is 20.3 Å². The van der Waals surface area contributed by atoms with Crippen molar-refractivity contribution in [2.45, 2.75) is 39.2 Å². The lowest BCUT2D eigenvalue weighted by atomic mass is 10.1. The van der Waals surface area contributed by atoms with Gasteiger partial charge in [-0.3, -0.25) is 0 Å². The molecule has 1 N–H and O–H groups in total. The van der Waals surface area contributed by atoms with Crippen molar-refractivity contribution in [3.63, 3.8) is 0 Å². The van der Waals surface area contributed by atoms with Gasteiger partial charge in [-0.2, -0.15) is 0 Å². The highest BCUT2D eigenvalue weighted by molar-refractivity contribution is 7.11. The highest BCUT2D eigenvalue weighted by Crippen LogP contribution is 2.31. The molecule has 17 heavy (non-hydrogen) atoms. The fraction of sp³-hybridized carbons (Fsp3) is 0.769. The van der Waals surface area contributed by atoms with Crippen molar-refractivity contribution in [1.29, 1.82) is 0 Å². The number of rotatable bonds is 5. The summed E-state index contributed by atoms with van der Waals surface area (Å²) in [5.41, 5.74) is 1.29. The first-order chi connectivity index (χ1) is 8.20. The zero-order valence-corrected chi connectivity index (χ0v) is 11.8. The summed E-state index contributed by atoms with van der Waals surface area (Å²) in [7, 11) is 2.00. The predicted octanol–water partition coefficient (Wildman–Crippen LogP) is 2.56. The fourth-order valence-electron chi connectivity index (χ4n) is 2.15. The van der Waals surface area contributed by atoms with E-state index in [1.165, 1.54) is 15.6 Å². The van der Waals surface area contributed by atoms with Crippen LogP contribution in [0.1, 0.15) is 41.8 Å². The van der Waals surface area contributed by atoms with E-state index in [1.807, 2.05) is 18.4 Å². The van der Waals surface area contributed by atoms with Crippen LogP contribution in [-0.2, 0) is 17.7 Å². The molecule has 1 atom stereocenters. The number of hydrogen-bond donors (Lipinski definition) is 1. The first kappa shape index (κ1) is 13.0. The molecular formula is C13H22N2OS. The van der Waals surface area contributed by atoms with Gasteiger partial charge in [0.1, 0.15) is 0 Å². The van der Waals surface area contributed by atoms with Crippen molar-refractivity contribution in [3.8, 4) is 0 Å². The Kier molecular flexibility index (Phi) is 4.54. The average Bonchev–Trinajstić information content (AvgIpc) is 2.87. The third kappa shape index (κ3) is 3.27. The van der Waals surface area contributed by atoms with Crippen molar-refractivity contribution in [3.05, 3.63) is 15.6 Å². The Morgan fingerprint density at radius 1 is 1.53 bits per heavy atom. The van der Waals surface area contributed by atoms with Crippen LogP contribution in [0.2, 0.25) is 0 Å². The minimum Gasteiger partial charge on any atom is -0.381 e. The molecule has 0 amide bonds. The Hall–Kier alpha value is -0.450. The molecule has 1 aliphatic heterocycles. The molecule has 3 nitrogen and oxygen atoms in total. The SMILES string of the molecule is CNCc1sc(C2CCOC2)nc1CC(C)C. The maximum atomic E-state index is 5.45. The molecule has 96 valence electrons. The average molecular weight is 254 g/mol. The molecule has 0 bridgehead atoms. The smallest absolute Gasteiger partial charge is 0.0986 e. The predicted molar refractivity (Wildman–Crippen MR) is 71.6 cm³/mol. The normalized spacial score (nSPS) is 20.4. The lowest BCUT2D eigenvalue weighted by Crippen LogP contribution is -2.07. The molecule has 0 aliphatic carbocycles. The van der Waals surface area contributed by atoms with Crippen LogP contribution in [0, 0.1) is 5.92 Å². The van der Waals surface area contributed by atoms with Crippen LogP contribution in [0.5, 0.6) is 0 Å². The van der Waals surface area contributed by atoms with Crippen LogP contribution >= 0.6 is 11.3 Å². The molecular weight excluding hydrogens is 232 g/mol. The van der Waals surface area contributed by atoms with Gasteiger partial charge in [0.2, 0.25) is 0 Å². The largest absolute Gasteiger partial charge is 0.381 e. The summed E-state index contributed by atoms with van der Waals surface area (Å²) < 4.78 is 5.45. The van der Waals surface area contributed by atoms with Crippen molar-refractivity contribution >= 4 is 11.3 Å². The van der Waals surface area contributed by atoms with E-state index in [4.69, 9.17) is 9.72 Å². The summed E-state index contributed by atoms with van der Waals surface area (Å²) in [5.74, 6) is 1.21. The third-order valence-corrected chi connectivity index (χ3v) is 4.27. The molecule has 0 spiro atoms. The van der Waals surface area contributed by atoms with E-state index in [-0.39, 0.29) is 0 Å². The molecule has 0 saturated carbocycles. The third-order valence-electron chi connectivity index (χ3n) is 3.01. The van der Waals surface area contributed by atoms with Gasteiger partial charge in [-0.25, -0.2) is 4.98 Å². The fourth-order valence-corrected chi connectivity index (χ4v) is 3.38.